The minimum Gasteiger partial charge on any atom is -0.192 e. The van der Waals surface area contributed by atoms with Gasteiger partial charge in [-0.2, -0.15) is 5.26 Å². The van der Waals surface area contributed by atoms with Crippen LogP contribution in [0.4, 0.5) is 0 Å². The monoisotopic (exact) mass is 263 g/mol. The van der Waals surface area contributed by atoms with E-state index < -0.39 is 0 Å². The molecule has 19 heavy (non-hydrogen) atoms. The van der Waals surface area contributed by atoms with Crippen LogP contribution in [0.25, 0.3) is 21.9 Å². The van der Waals surface area contributed by atoms with Crippen molar-refractivity contribution >= 4 is 22.4 Å². The van der Waals surface area contributed by atoms with Crippen molar-refractivity contribution < 1.29 is 0 Å². The summed E-state index contributed by atoms with van der Waals surface area (Å²) >= 11 is 6.22. The quantitative estimate of drug-likeness (QED) is 0.604. The highest BCUT2D eigenvalue weighted by atomic mass is 35.5. The van der Waals surface area contributed by atoms with Gasteiger partial charge in [0.1, 0.15) is 0 Å². The number of rotatable bonds is 1. The Morgan fingerprint density at radius 2 is 1.47 bits per heavy atom. The van der Waals surface area contributed by atoms with E-state index in [1.54, 1.807) is 0 Å². The van der Waals surface area contributed by atoms with Crippen molar-refractivity contribution in [1.29, 1.82) is 5.26 Å². The molecular formula is C17H10ClN. The first-order chi connectivity index (χ1) is 9.29. The second kappa shape index (κ2) is 4.76. The van der Waals surface area contributed by atoms with Gasteiger partial charge in [-0.25, -0.2) is 0 Å². The molecule has 1 nitrogen and oxygen atoms in total. The van der Waals surface area contributed by atoms with Gasteiger partial charge in [-0.1, -0.05) is 54.1 Å². The molecule has 0 bridgehead atoms. The van der Waals surface area contributed by atoms with Crippen LogP contribution in [0.5, 0.6) is 0 Å². The highest BCUT2D eigenvalue weighted by molar-refractivity contribution is 6.36. The number of benzene rings is 3. The van der Waals surface area contributed by atoms with Crippen molar-refractivity contribution in [2.75, 3.05) is 0 Å². The van der Waals surface area contributed by atoms with Crippen LogP contribution in [0.3, 0.4) is 0 Å². The average molecular weight is 264 g/mol. The topological polar surface area (TPSA) is 23.8 Å². The minimum atomic E-state index is 0.669. The van der Waals surface area contributed by atoms with Crippen LogP contribution in [0, 0.1) is 11.3 Å². The van der Waals surface area contributed by atoms with E-state index in [0.717, 1.165) is 26.9 Å². The number of hydrogen-bond acceptors (Lipinski definition) is 1. The number of fused-ring (bicyclic) bond motifs is 1. The molecule has 0 saturated heterocycles. The van der Waals surface area contributed by atoms with Crippen molar-refractivity contribution in [3.05, 3.63) is 71.2 Å². The standard InChI is InChI=1S/C17H10ClN/c18-17-10-9-14(15-3-1-2-4-16(15)17)13-7-5-12(11-19)6-8-13/h1-10H. The molecule has 0 heterocycles. The summed E-state index contributed by atoms with van der Waals surface area (Å²) in [6.07, 6.45) is 0. The molecule has 0 aromatic heterocycles. The van der Waals surface area contributed by atoms with Crippen LogP contribution in [0.2, 0.25) is 5.02 Å². The lowest BCUT2D eigenvalue weighted by atomic mass is 9.97. The molecule has 90 valence electrons. The molecule has 3 aromatic rings. The molecule has 0 atom stereocenters. The van der Waals surface area contributed by atoms with Gasteiger partial charge < -0.3 is 0 Å². The highest BCUT2D eigenvalue weighted by Gasteiger charge is 2.06. The number of nitriles is 1. The SMILES string of the molecule is N#Cc1ccc(-c2ccc(Cl)c3ccccc23)cc1. The maximum Gasteiger partial charge on any atom is 0.0991 e. The van der Waals surface area contributed by atoms with Gasteiger partial charge in [0.15, 0.2) is 0 Å². The molecule has 0 radical (unpaired) electrons. The molecule has 0 aliphatic heterocycles. The van der Waals surface area contributed by atoms with E-state index in [4.69, 9.17) is 16.9 Å². The maximum atomic E-state index is 8.84. The van der Waals surface area contributed by atoms with E-state index in [1.807, 2.05) is 54.6 Å². The lowest BCUT2D eigenvalue weighted by Crippen LogP contribution is -1.83. The zero-order valence-corrected chi connectivity index (χ0v) is 10.9. The van der Waals surface area contributed by atoms with Gasteiger partial charge in [0, 0.05) is 10.4 Å². The predicted octanol–water partition coefficient (Wildman–Crippen LogP) is 5.03. The van der Waals surface area contributed by atoms with Crippen molar-refractivity contribution in [1.82, 2.24) is 0 Å². The Hall–Kier alpha value is -2.30. The van der Waals surface area contributed by atoms with Crippen molar-refractivity contribution in [3.63, 3.8) is 0 Å². The Morgan fingerprint density at radius 3 is 2.16 bits per heavy atom. The van der Waals surface area contributed by atoms with E-state index in [1.165, 1.54) is 0 Å². The molecule has 0 spiro atoms. The first kappa shape index (κ1) is 11.8. The fourth-order valence-corrected chi connectivity index (χ4v) is 2.47. The Morgan fingerprint density at radius 1 is 0.789 bits per heavy atom. The zero-order valence-electron chi connectivity index (χ0n) is 10.1. The van der Waals surface area contributed by atoms with Gasteiger partial charge in [-0.05, 0) is 34.7 Å². The molecule has 0 aliphatic carbocycles. The summed E-state index contributed by atoms with van der Waals surface area (Å²) in [6, 6.07) is 21.7. The van der Waals surface area contributed by atoms with E-state index in [9.17, 15) is 0 Å². The minimum absolute atomic E-state index is 0.669. The molecule has 3 rings (SSSR count). The Bertz CT molecular complexity index is 782. The lowest BCUT2D eigenvalue weighted by molar-refractivity contribution is 1.48. The zero-order chi connectivity index (χ0) is 13.2. The number of nitrogens with zero attached hydrogens (tertiary/aromatic N) is 1. The fourth-order valence-electron chi connectivity index (χ4n) is 2.24. The van der Waals surface area contributed by atoms with Crippen molar-refractivity contribution in [2.24, 2.45) is 0 Å². The maximum absolute atomic E-state index is 8.84. The molecule has 0 saturated carbocycles. The highest BCUT2D eigenvalue weighted by Crippen LogP contribution is 2.32. The second-order valence-electron chi connectivity index (χ2n) is 4.33. The van der Waals surface area contributed by atoms with Gasteiger partial charge in [-0.15, -0.1) is 0 Å². The first-order valence-electron chi connectivity index (χ1n) is 5.97. The normalized spacial score (nSPS) is 10.3. The smallest absolute Gasteiger partial charge is 0.0991 e. The molecule has 0 aliphatic rings. The van der Waals surface area contributed by atoms with Crippen LogP contribution in [0.15, 0.2) is 60.7 Å². The molecular weight excluding hydrogens is 254 g/mol. The fraction of sp³-hybridized carbons (Fsp3) is 0. The van der Waals surface area contributed by atoms with Crippen molar-refractivity contribution in [2.45, 2.75) is 0 Å². The van der Waals surface area contributed by atoms with Crippen LogP contribution in [-0.2, 0) is 0 Å². The van der Waals surface area contributed by atoms with Gasteiger partial charge in [-0.3, -0.25) is 0 Å². The van der Waals surface area contributed by atoms with Crippen molar-refractivity contribution in [3.8, 4) is 17.2 Å². The lowest BCUT2D eigenvalue weighted by Gasteiger charge is -2.08. The summed E-state index contributed by atoms with van der Waals surface area (Å²) in [6.45, 7) is 0. The molecule has 0 N–H and O–H groups in total. The van der Waals surface area contributed by atoms with E-state index >= 15 is 0 Å². The number of halogens is 1. The molecule has 0 fully saturated rings. The summed E-state index contributed by atoms with van der Waals surface area (Å²) in [5.74, 6) is 0. The summed E-state index contributed by atoms with van der Waals surface area (Å²) in [5.41, 5.74) is 2.89. The molecule has 0 unspecified atom stereocenters. The van der Waals surface area contributed by atoms with Gasteiger partial charge in [0.25, 0.3) is 0 Å². The first-order valence-corrected chi connectivity index (χ1v) is 6.35. The summed E-state index contributed by atoms with van der Waals surface area (Å²) in [5, 5.41) is 11.8. The van der Waals surface area contributed by atoms with Gasteiger partial charge >= 0.3 is 0 Å². The molecule has 3 aromatic carbocycles. The summed E-state index contributed by atoms with van der Waals surface area (Å²) < 4.78 is 0. The Balaban J connectivity index is 2.25. The second-order valence-corrected chi connectivity index (χ2v) is 4.74. The van der Waals surface area contributed by atoms with E-state index in [0.29, 0.717) is 5.56 Å². The summed E-state index contributed by atoms with van der Waals surface area (Å²) in [7, 11) is 0. The van der Waals surface area contributed by atoms with Crippen LogP contribution in [0.1, 0.15) is 5.56 Å². The van der Waals surface area contributed by atoms with Gasteiger partial charge in [0.05, 0.1) is 11.6 Å². The van der Waals surface area contributed by atoms with E-state index in [-0.39, 0.29) is 0 Å². The third-order valence-corrected chi connectivity index (χ3v) is 3.53. The van der Waals surface area contributed by atoms with Crippen LogP contribution < -0.4 is 0 Å². The average Bonchev–Trinajstić information content (AvgIpc) is 2.48. The third kappa shape index (κ3) is 2.07. The van der Waals surface area contributed by atoms with Crippen LogP contribution >= 0.6 is 11.6 Å². The number of hydrogen-bond donors (Lipinski definition) is 0. The van der Waals surface area contributed by atoms with Gasteiger partial charge in [0.2, 0.25) is 0 Å². The Labute approximate surface area is 116 Å². The predicted molar refractivity (Wildman–Crippen MR) is 79.1 cm³/mol. The van der Waals surface area contributed by atoms with E-state index in [2.05, 4.69) is 12.1 Å². The Kier molecular flexibility index (Phi) is 2.95. The summed E-state index contributed by atoms with van der Waals surface area (Å²) in [4.78, 5) is 0. The molecule has 0 amide bonds. The largest absolute Gasteiger partial charge is 0.192 e. The third-order valence-electron chi connectivity index (χ3n) is 3.20. The van der Waals surface area contributed by atoms with Crippen LogP contribution in [-0.4, -0.2) is 0 Å². The molecule has 2 heteroatoms.